The van der Waals surface area contributed by atoms with Gasteiger partial charge in [0.15, 0.2) is 0 Å². The Labute approximate surface area is 101 Å². The Bertz CT molecular complexity index is 488. The average molecular weight is 254 g/mol. The van der Waals surface area contributed by atoms with Gasteiger partial charge in [0, 0.05) is 13.2 Å². The number of hydrogen-bond donors (Lipinski definition) is 1. The Kier molecular flexibility index (Phi) is 5.10. The first-order chi connectivity index (χ1) is 8.10. The highest BCUT2D eigenvalue weighted by atomic mass is 32.2. The smallest absolute Gasteiger partial charge is 0.240 e. The first-order valence-corrected chi connectivity index (χ1v) is 6.66. The van der Waals surface area contributed by atoms with Crippen molar-refractivity contribution in [2.45, 2.75) is 11.8 Å². The molecule has 0 spiro atoms. The standard InChI is InChI=1S/C11H14N2O3S/c1-2-16-8-7-13-17(14,15)11-5-3-10(9-12)4-6-11/h3-6,13H,2,7-8H2,1H3. The normalized spacial score (nSPS) is 11.1. The third kappa shape index (κ3) is 4.15. The van der Waals surface area contributed by atoms with Crippen LogP contribution in [0.3, 0.4) is 0 Å². The van der Waals surface area contributed by atoms with Crippen molar-refractivity contribution in [3.05, 3.63) is 29.8 Å². The number of benzene rings is 1. The fourth-order valence-corrected chi connectivity index (χ4v) is 2.20. The topological polar surface area (TPSA) is 79.2 Å². The van der Waals surface area contributed by atoms with Gasteiger partial charge in [0.1, 0.15) is 0 Å². The number of nitrogens with zero attached hydrogens (tertiary/aromatic N) is 1. The van der Waals surface area contributed by atoms with Gasteiger partial charge >= 0.3 is 0 Å². The van der Waals surface area contributed by atoms with Crippen LogP contribution in [0.15, 0.2) is 29.2 Å². The largest absolute Gasteiger partial charge is 0.380 e. The molecule has 0 aliphatic carbocycles. The zero-order valence-electron chi connectivity index (χ0n) is 9.51. The molecule has 0 bridgehead atoms. The van der Waals surface area contributed by atoms with Crippen molar-refractivity contribution in [3.8, 4) is 6.07 Å². The number of hydrogen-bond acceptors (Lipinski definition) is 4. The van der Waals surface area contributed by atoms with Gasteiger partial charge in [0.05, 0.1) is 23.1 Å². The van der Waals surface area contributed by atoms with Crippen LogP contribution in [-0.2, 0) is 14.8 Å². The molecule has 1 aromatic rings. The van der Waals surface area contributed by atoms with Crippen LogP contribution in [0.4, 0.5) is 0 Å². The maximum atomic E-state index is 11.7. The minimum Gasteiger partial charge on any atom is -0.380 e. The molecule has 0 aliphatic heterocycles. The number of sulfonamides is 1. The third-order valence-electron chi connectivity index (χ3n) is 2.04. The van der Waals surface area contributed by atoms with E-state index >= 15 is 0 Å². The van der Waals surface area contributed by atoms with E-state index in [-0.39, 0.29) is 11.4 Å². The van der Waals surface area contributed by atoms with Gasteiger partial charge in [-0.15, -0.1) is 0 Å². The van der Waals surface area contributed by atoms with Gasteiger partial charge in [-0.1, -0.05) is 0 Å². The number of ether oxygens (including phenoxy) is 1. The minimum absolute atomic E-state index is 0.146. The number of rotatable bonds is 6. The average Bonchev–Trinajstić information content (AvgIpc) is 2.35. The summed E-state index contributed by atoms with van der Waals surface area (Å²) in [4.78, 5) is 0.146. The lowest BCUT2D eigenvalue weighted by atomic mass is 10.2. The van der Waals surface area contributed by atoms with Crippen LogP contribution in [0, 0.1) is 11.3 Å². The molecule has 0 fully saturated rings. The molecule has 0 saturated heterocycles. The lowest BCUT2D eigenvalue weighted by Gasteiger charge is -2.06. The summed E-state index contributed by atoms with van der Waals surface area (Å²) in [5, 5.41) is 8.60. The van der Waals surface area contributed by atoms with Crippen molar-refractivity contribution in [2.75, 3.05) is 19.8 Å². The summed E-state index contributed by atoms with van der Waals surface area (Å²) in [6.07, 6.45) is 0. The fraction of sp³-hybridized carbons (Fsp3) is 0.364. The van der Waals surface area contributed by atoms with Crippen LogP contribution < -0.4 is 4.72 Å². The highest BCUT2D eigenvalue weighted by molar-refractivity contribution is 7.89. The second-order valence-corrected chi connectivity index (χ2v) is 5.00. The van der Waals surface area contributed by atoms with E-state index in [1.165, 1.54) is 24.3 Å². The maximum Gasteiger partial charge on any atom is 0.240 e. The molecule has 0 heterocycles. The molecule has 0 amide bonds. The van der Waals surface area contributed by atoms with Crippen LogP contribution in [0.2, 0.25) is 0 Å². The molecule has 1 rings (SSSR count). The molecule has 92 valence electrons. The maximum absolute atomic E-state index is 11.7. The molecule has 1 N–H and O–H groups in total. The highest BCUT2D eigenvalue weighted by Crippen LogP contribution is 2.09. The van der Waals surface area contributed by atoms with Gasteiger partial charge in [0.25, 0.3) is 0 Å². The van der Waals surface area contributed by atoms with Crippen LogP contribution in [0.1, 0.15) is 12.5 Å². The van der Waals surface area contributed by atoms with E-state index in [1.54, 1.807) is 0 Å². The lowest BCUT2D eigenvalue weighted by molar-refractivity contribution is 0.153. The number of nitriles is 1. The number of nitrogens with one attached hydrogen (secondary N) is 1. The molecule has 6 heteroatoms. The third-order valence-corrected chi connectivity index (χ3v) is 3.51. The molecular weight excluding hydrogens is 240 g/mol. The van der Waals surface area contributed by atoms with Crippen molar-refractivity contribution < 1.29 is 13.2 Å². The highest BCUT2D eigenvalue weighted by Gasteiger charge is 2.12. The van der Waals surface area contributed by atoms with E-state index < -0.39 is 10.0 Å². The quantitative estimate of drug-likeness (QED) is 0.764. The summed E-state index contributed by atoms with van der Waals surface area (Å²) in [5.41, 5.74) is 0.429. The Morgan fingerprint density at radius 2 is 2.00 bits per heavy atom. The Morgan fingerprint density at radius 1 is 1.35 bits per heavy atom. The van der Waals surface area contributed by atoms with Crippen molar-refractivity contribution in [2.24, 2.45) is 0 Å². The van der Waals surface area contributed by atoms with Crippen molar-refractivity contribution in [1.82, 2.24) is 4.72 Å². The molecule has 0 atom stereocenters. The van der Waals surface area contributed by atoms with Gasteiger partial charge < -0.3 is 4.74 Å². The molecular formula is C11H14N2O3S. The molecule has 0 unspecified atom stereocenters. The Balaban J connectivity index is 2.66. The van der Waals surface area contributed by atoms with Crippen LogP contribution >= 0.6 is 0 Å². The summed E-state index contributed by atoms with van der Waals surface area (Å²) in [7, 11) is -3.51. The van der Waals surface area contributed by atoms with E-state index in [0.717, 1.165) is 0 Å². The first-order valence-electron chi connectivity index (χ1n) is 5.17. The van der Waals surface area contributed by atoms with Crippen LogP contribution in [-0.4, -0.2) is 28.2 Å². The fourth-order valence-electron chi connectivity index (χ4n) is 1.18. The summed E-state index contributed by atoms with van der Waals surface area (Å²) in [6, 6.07) is 7.68. The minimum atomic E-state index is -3.51. The van der Waals surface area contributed by atoms with E-state index in [2.05, 4.69) is 4.72 Å². The second-order valence-electron chi connectivity index (χ2n) is 3.23. The first kappa shape index (κ1) is 13.6. The summed E-state index contributed by atoms with van der Waals surface area (Å²) < 4.78 is 30.9. The Hall–Kier alpha value is -1.42. The molecule has 5 nitrogen and oxygen atoms in total. The molecule has 17 heavy (non-hydrogen) atoms. The van der Waals surface area contributed by atoms with E-state index in [1.807, 2.05) is 13.0 Å². The summed E-state index contributed by atoms with van der Waals surface area (Å²) in [5.74, 6) is 0. The van der Waals surface area contributed by atoms with Gasteiger partial charge in [-0.3, -0.25) is 0 Å². The van der Waals surface area contributed by atoms with Crippen LogP contribution in [0.5, 0.6) is 0 Å². The van der Waals surface area contributed by atoms with Crippen molar-refractivity contribution in [1.29, 1.82) is 5.26 Å². The molecule has 0 saturated carbocycles. The SMILES string of the molecule is CCOCCNS(=O)(=O)c1ccc(C#N)cc1. The molecule has 0 aliphatic rings. The zero-order chi connectivity index (χ0) is 12.7. The van der Waals surface area contributed by atoms with Gasteiger partial charge in [-0.05, 0) is 31.2 Å². The van der Waals surface area contributed by atoms with Crippen molar-refractivity contribution in [3.63, 3.8) is 0 Å². The lowest BCUT2D eigenvalue weighted by Crippen LogP contribution is -2.27. The molecule has 0 radical (unpaired) electrons. The van der Waals surface area contributed by atoms with Gasteiger partial charge in [-0.25, -0.2) is 13.1 Å². The molecule has 0 aromatic heterocycles. The van der Waals surface area contributed by atoms with E-state index in [4.69, 9.17) is 10.00 Å². The summed E-state index contributed by atoms with van der Waals surface area (Å²) in [6.45, 7) is 2.97. The predicted octanol–water partition coefficient (Wildman–Crippen LogP) is 0.873. The Morgan fingerprint density at radius 3 is 2.53 bits per heavy atom. The zero-order valence-corrected chi connectivity index (χ0v) is 10.3. The van der Waals surface area contributed by atoms with Gasteiger partial charge in [0.2, 0.25) is 10.0 Å². The summed E-state index contributed by atoms with van der Waals surface area (Å²) >= 11 is 0. The van der Waals surface area contributed by atoms with Crippen molar-refractivity contribution >= 4 is 10.0 Å². The van der Waals surface area contributed by atoms with E-state index in [0.29, 0.717) is 18.8 Å². The predicted molar refractivity (Wildman–Crippen MR) is 62.8 cm³/mol. The van der Waals surface area contributed by atoms with Crippen LogP contribution in [0.25, 0.3) is 0 Å². The van der Waals surface area contributed by atoms with E-state index in [9.17, 15) is 8.42 Å². The monoisotopic (exact) mass is 254 g/mol. The second kappa shape index (κ2) is 6.35. The molecule has 1 aromatic carbocycles. The van der Waals surface area contributed by atoms with Gasteiger partial charge in [-0.2, -0.15) is 5.26 Å².